The Morgan fingerprint density at radius 3 is 2.43 bits per heavy atom. The molecule has 1 fully saturated rings. The van der Waals surface area contributed by atoms with E-state index in [1.165, 1.54) is 0 Å². The molecular formula is C20H26Cl2N4O2. The van der Waals surface area contributed by atoms with Crippen LogP contribution in [0.15, 0.2) is 54.9 Å². The zero-order chi connectivity index (χ0) is 18.4. The minimum Gasteiger partial charge on any atom is -0.353 e. The van der Waals surface area contributed by atoms with Crippen LogP contribution in [0.5, 0.6) is 0 Å². The van der Waals surface area contributed by atoms with Crippen LogP contribution in [-0.2, 0) is 11.2 Å². The van der Waals surface area contributed by atoms with Crippen LogP contribution in [0.25, 0.3) is 0 Å². The van der Waals surface area contributed by atoms with E-state index in [2.05, 4.69) is 15.6 Å². The predicted octanol–water partition coefficient (Wildman–Crippen LogP) is 2.12. The lowest BCUT2D eigenvalue weighted by Gasteiger charge is -2.20. The third kappa shape index (κ3) is 7.11. The second-order valence-corrected chi connectivity index (χ2v) is 6.70. The summed E-state index contributed by atoms with van der Waals surface area (Å²) in [7, 11) is 0. The summed E-state index contributed by atoms with van der Waals surface area (Å²) in [4.78, 5) is 29.2. The van der Waals surface area contributed by atoms with Gasteiger partial charge in [-0.05, 0) is 42.5 Å². The molecule has 28 heavy (non-hydrogen) atoms. The predicted molar refractivity (Wildman–Crippen MR) is 114 cm³/mol. The van der Waals surface area contributed by atoms with E-state index in [-0.39, 0.29) is 42.7 Å². The molecule has 2 unspecified atom stereocenters. The molecule has 0 saturated heterocycles. The average Bonchev–Trinajstić information content (AvgIpc) is 3.52. The number of hydrogen-bond donors (Lipinski definition) is 3. The number of carbonyl (C=O) groups is 2. The first-order valence-electron chi connectivity index (χ1n) is 8.91. The molecular weight excluding hydrogens is 399 g/mol. The Hall–Kier alpha value is -2.15. The second-order valence-electron chi connectivity index (χ2n) is 6.70. The maximum absolute atomic E-state index is 12.7. The Morgan fingerprint density at radius 1 is 1.11 bits per heavy atom. The number of nitrogens with two attached hydrogens (primary N) is 1. The lowest BCUT2D eigenvalue weighted by atomic mass is 10.1. The maximum Gasteiger partial charge on any atom is 0.251 e. The van der Waals surface area contributed by atoms with Gasteiger partial charge >= 0.3 is 0 Å². The first kappa shape index (κ1) is 23.9. The molecule has 2 aromatic rings. The molecule has 1 aromatic carbocycles. The van der Waals surface area contributed by atoms with Crippen molar-refractivity contribution in [3.8, 4) is 0 Å². The molecule has 6 nitrogen and oxygen atoms in total. The van der Waals surface area contributed by atoms with Gasteiger partial charge in [0.05, 0.1) is 0 Å². The Balaban J connectivity index is 0.00000196. The van der Waals surface area contributed by atoms with Crippen molar-refractivity contribution in [2.24, 2.45) is 11.7 Å². The summed E-state index contributed by atoms with van der Waals surface area (Å²) in [6.45, 7) is 0.425. The van der Waals surface area contributed by atoms with Crippen LogP contribution < -0.4 is 16.4 Å². The van der Waals surface area contributed by atoms with Gasteiger partial charge in [0.2, 0.25) is 5.91 Å². The molecule has 3 rings (SSSR count). The summed E-state index contributed by atoms with van der Waals surface area (Å²) < 4.78 is 0. The molecule has 0 radical (unpaired) electrons. The fraction of sp³-hybridized carbons (Fsp3) is 0.350. The van der Waals surface area contributed by atoms with Crippen LogP contribution in [0.4, 0.5) is 0 Å². The van der Waals surface area contributed by atoms with E-state index < -0.39 is 6.04 Å². The maximum atomic E-state index is 12.7. The van der Waals surface area contributed by atoms with Gasteiger partial charge in [-0.3, -0.25) is 14.6 Å². The van der Waals surface area contributed by atoms with Crippen molar-refractivity contribution >= 4 is 36.6 Å². The zero-order valence-corrected chi connectivity index (χ0v) is 17.0. The van der Waals surface area contributed by atoms with Gasteiger partial charge in [-0.2, -0.15) is 0 Å². The fourth-order valence-corrected chi connectivity index (χ4v) is 2.83. The third-order valence-corrected chi connectivity index (χ3v) is 4.56. The molecule has 1 saturated carbocycles. The van der Waals surface area contributed by atoms with Gasteiger partial charge in [0.1, 0.15) is 6.04 Å². The fourth-order valence-electron chi connectivity index (χ4n) is 2.83. The average molecular weight is 425 g/mol. The number of amides is 2. The van der Waals surface area contributed by atoms with Crippen LogP contribution in [0, 0.1) is 5.92 Å². The quantitative estimate of drug-likeness (QED) is 0.604. The monoisotopic (exact) mass is 424 g/mol. The molecule has 1 aliphatic carbocycles. The molecule has 0 aliphatic heterocycles. The number of nitrogens with zero attached hydrogens (tertiary/aromatic N) is 1. The van der Waals surface area contributed by atoms with E-state index in [0.717, 1.165) is 18.4 Å². The molecule has 0 spiro atoms. The molecule has 4 N–H and O–H groups in total. The standard InChI is InChI=1S/C20H24N4O2.2ClH/c21-17(15-8-9-15)13-23-20(26)18(11-14-5-4-10-22-12-14)24-19(25)16-6-2-1-3-7-16;;/h1-7,10,12,15,17-18H,8-9,11,13,21H2,(H,23,26)(H,24,25);2*1H. The van der Waals surface area contributed by atoms with E-state index in [1.807, 2.05) is 18.2 Å². The number of halogens is 2. The van der Waals surface area contributed by atoms with Crippen molar-refractivity contribution in [3.63, 3.8) is 0 Å². The first-order valence-corrected chi connectivity index (χ1v) is 8.91. The first-order chi connectivity index (χ1) is 12.6. The summed E-state index contributed by atoms with van der Waals surface area (Å²) >= 11 is 0. The highest BCUT2D eigenvalue weighted by Gasteiger charge is 2.29. The van der Waals surface area contributed by atoms with Crippen molar-refractivity contribution < 1.29 is 9.59 Å². The highest BCUT2D eigenvalue weighted by molar-refractivity contribution is 5.97. The lowest BCUT2D eigenvalue weighted by Crippen LogP contribution is -2.50. The van der Waals surface area contributed by atoms with E-state index >= 15 is 0 Å². The molecule has 1 heterocycles. The van der Waals surface area contributed by atoms with Gasteiger partial charge < -0.3 is 16.4 Å². The van der Waals surface area contributed by atoms with Gasteiger partial charge in [0.25, 0.3) is 5.91 Å². The Labute approximate surface area is 177 Å². The Bertz CT molecular complexity index is 742. The van der Waals surface area contributed by atoms with Crippen LogP contribution in [-0.4, -0.2) is 35.4 Å². The summed E-state index contributed by atoms with van der Waals surface area (Å²) in [5.41, 5.74) is 7.46. The Kier molecular flexibility index (Phi) is 9.93. The summed E-state index contributed by atoms with van der Waals surface area (Å²) in [5, 5.41) is 5.71. The van der Waals surface area contributed by atoms with Crippen LogP contribution in [0.1, 0.15) is 28.8 Å². The summed E-state index contributed by atoms with van der Waals surface area (Å²) in [5.74, 6) is 0.00125. The van der Waals surface area contributed by atoms with Crippen LogP contribution in [0.2, 0.25) is 0 Å². The highest BCUT2D eigenvalue weighted by Crippen LogP contribution is 2.31. The number of carbonyl (C=O) groups excluding carboxylic acids is 2. The Morgan fingerprint density at radius 2 is 1.82 bits per heavy atom. The summed E-state index contributed by atoms with van der Waals surface area (Å²) in [6.07, 6.45) is 6.00. The normalized spacial score (nSPS) is 14.6. The summed E-state index contributed by atoms with van der Waals surface area (Å²) in [6, 6.07) is 11.9. The van der Waals surface area contributed by atoms with Crippen molar-refractivity contribution in [3.05, 3.63) is 66.0 Å². The largest absolute Gasteiger partial charge is 0.353 e. The third-order valence-electron chi connectivity index (χ3n) is 4.56. The number of hydrogen-bond acceptors (Lipinski definition) is 4. The van der Waals surface area contributed by atoms with E-state index in [9.17, 15) is 9.59 Å². The van der Waals surface area contributed by atoms with Crippen molar-refractivity contribution in [2.45, 2.75) is 31.3 Å². The van der Waals surface area contributed by atoms with Crippen LogP contribution in [0.3, 0.4) is 0 Å². The number of pyridine rings is 1. The molecule has 2 amide bonds. The minimum atomic E-state index is -0.682. The van der Waals surface area contributed by atoms with Crippen molar-refractivity contribution in [1.82, 2.24) is 15.6 Å². The molecule has 2 atom stereocenters. The number of benzene rings is 1. The van der Waals surface area contributed by atoms with Gasteiger partial charge in [-0.1, -0.05) is 24.3 Å². The zero-order valence-electron chi connectivity index (χ0n) is 15.4. The van der Waals surface area contributed by atoms with Gasteiger partial charge in [0.15, 0.2) is 0 Å². The van der Waals surface area contributed by atoms with E-state index in [1.54, 1.807) is 36.7 Å². The van der Waals surface area contributed by atoms with Crippen molar-refractivity contribution in [1.29, 1.82) is 0 Å². The molecule has 0 bridgehead atoms. The van der Waals surface area contributed by atoms with E-state index in [4.69, 9.17) is 5.73 Å². The molecule has 152 valence electrons. The molecule has 8 heteroatoms. The van der Waals surface area contributed by atoms with Crippen LogP contribution >= 0.6 is 24.8 Å². The molecule has 1 aliphatic rings. The SMILES string of the molecule is Cl.Cl.NC(CNC(=O)C(Cc1cccnc1)NC(=O)c1ccccc1)C1CC1. The number of rotatable bonds is 8. The second kappa shape index (κ2) is 11.6. The van der Waals surface area contributed by atoms with Gasteiger partial charge in [-0.25, -0.2) is 0 Å². The minimum absolute atomic E-state index is 0. The number of nitrogens with one attached hydrogen (secondary N) is 2. The van der Waals surface area contributed by atoms with Gasteiger partial charge in [-0.15, -0.1) is 24.8 Å². The highest BCUT2D eigenvalue weighted by atomic mass is 35.5. The smallest absolute Gasteiger partial charge is 0.251 e. The topological polar surface area (TPSA) is 97.1 Å². The van der Waals surface area contributed by atoms with Crippen molar-refractivity contribution in [2.75, 3.05) is 6.54 Å². The number of aromatic nitrogens is 1. The van der Waals surface area contributed by atoms with E-state index in [0.29, 0.717) is 24.4 Å². The lowest BCUT2D eigenvalue weighted by molar-refractivity contribution is -0.123. The molecule has 1 aromatic heterocycles. The van der Waals surface area contributed by atoms with Gasteiger partial charge in [0, 0.05) is 37.0 Å².